The van der Waals surface area contributed by atoms with Crippen LogP contribution in [0, 0.1) is 5.92 Å². The van der Waals surface area contributed by atoms with E-state index < -0.39 is 42.1 Å². The normalized spacial score (nSPS) is 19.5. The number of carbonyl (C=O) groups is 3. The van der Waals surface area contributed by atoms with Crippen LogP contribution in [0.15, 0.2) is 78.9 Å². The summed E-state index contributed by atoms with van der Waals surface area (Å²) in [7, 11) is 0. The molecule has 8 heteroatoms. The lowest BCUT2D eigenvalue weighted by molar-refractivity contribution is -0.147. The van der Waals surface area contributed by atoms with Crippen LogP contribution in [-0.4, -0.2) is 47.9 Å². The highest BCUT2D eigenvalue weighted by atomic mass is 16.5. The largest absolute Gasteiger partial charge is 0.480 e. The summed E-state index contributed by atoms with van der Waals surface area (Å²) in [6, 6.07) is 24.1. The van der Waals surface area contributed by atoms with Crippen molar-refractivity contribution in [2.75, 3.05) is 6.61 Å². The zero-order chi connectivity index (χ0) is 29.5. The van der Waals surface area contributed by atoms with Crippen molar-refractivity contribution in [3.05, 3.63) is 95.6 Å². The summed E-state index contributed by atoms with van der Waals surface area (Å²) in [6.45, 7) is 2.05. The Morgan fingerprint density at radius 2 is 1.48 bits per heavy atom. The van der Waals surface area contributed by atoms with E-state index in [1.807, 2.05) is 54.6 Å². The molecule has 4 unspecified atom stereocenters. The topological polar surface area (TPSA) is 114 Å². The predicted molar refractivity (Wildman–Crippen MR) is 159 cm³/mol. The van der Waals surface area contributed by atoms with Crippen molar-refractivity contribution in [2.45, 2.75) is 69.7 Å². The first-order chi connectivity index (χ1) is 20.4. The van der Waals surface area contributed by atoms with Crippen LogP contribution in [0.4, 0.5) is 4.79 Å². The molecule has 1 saturated carbocycles. The van der Waals surface area contributed by atoms with Crippen LogP contribution in [0.5, 0.6) is 0 Å². The van der Waals surface area contributed by atoms with Crippen molar-refractivity contribution in [3.63, 3.8) is 0 Å². The summed E-state index contributed by atoms with van der Waals surface area (Å²) in [5.41, 5.74) is 5.47. The van der Waals surface area contributed by atoms with Gasteiger partial charge in [-0.3, -0.25) is 4.79 Å². The van der Waals surface area contributed by atoms with Crippen LogP contribution in [0.2, 0.25) is 0 Å². The minimum Gasteiger partial charge on any atom is -0.480 e. The number of carbonyl (C=O) groups excluding carboxylic acids is 2. The average molecular weight is 571 g/mol. The number of aliphatic carboxylic acids is 1. The van der Waals surface area contributed by atoms with Gasteiger partial charge in [-0.15, -0.1) is 0 Å². The fourth-order valence-corrected chi connectivity index (χ4v) is 6.12. The molecule has 0 heterocycles. The molecule has 3 N–H and O–H groups in total. The van der Waals surface area contributed by atoms with Crippen molar-refractivity contribution >= 4 is 18.0 Å². The lowest BCUT2D eigenvalue weighted by Crippen LogP contribution is -2.54. The monoisotopic (exact) mass is 570 g/mol. The lowest BCUT2D eigenvalue weighted by atomic mass is 9.93. The molecule has 2 aliphatic rings. The van der Waals surface area contributed by atoms with Gasteiger partial charge in [0.2, 0.25) is 5.91 Å². The van der Waals surface area contributed by atoms with Gasteiger partial charge in [0.05, 0.1) is 18.6 Å². The van der Waals surface area contributed by atoms with Gasteiger partial charge in [-0.2, -0.15) is 0 Å². The van der Waals surface area contributed by atoms with Crippen molar-refractivity contribution in [2.24, 2.45) is 5.92 Å². The third-order valence-electron chi connectivity index (χ3n) is 8.39. The van der Waals surface area contributed by atoms with Crippen molar-refractivity contribution in [1.82, 2.24) is 10.6 Å². The summed E-state index contributed by atoms with van der Waals surface area (Å²) in [5.74, 6) is -2.21. The van der Waals surface area contributed by atoms with E-state index in [1.165, 1.54) is 0 Å². The van der Waals surface area contributed by atoms with E-state index in [2.05, 4.69) is 34.9 Å². The molecule has 42 heavy (non-hydrogen) atoms. The quantitative estimate of drug-likeness (QED) is 0.272. The molecule has 1 fully saturated rings. The van der Waals surface area contributed by atoms with E-state index in [4.69, 9.17) is 9.47 Å². The number of ether oxygens (including phenoxy) is 2. The van der Waals surface area contributed by atoms with Gasteiger partial charge in [0.1, 0.15) is 6.61 Å². The minimum atomic E-state index is -1.22. The maximum atomic E-state index is 13.5. The number of rotatable bonds is 10. The third kappa shape index (κ3) is 6.82. The van der Waals surface area contributed by atoms with Gasteiger partial charge in [0, 0.05) is 12.0 Å². The SMILES string of the molecule is CC(OCc1ccccc1)C(NC(=O)C1CCCCCC1NC(=O)OCC1c2ccccc2-c2ccccc21)C(=O)O. The van der Waals surface area contributed by atoms with Crippen molar-refractivity contribution in [1.29, 1.82) is 0 Å². The molecule has 0 saturated heterocycles. The summed E-state index contributed by atoms with van der Waals surface area (Å²) in [5, 5.41) is 15.5. The van der Waals surface area contributed by atoms with Crippen LogP contribution in [0.25, 0.3) is 11.1 Å². The van der Waals surface area contributed by atoms with E-state index in [-0.39, 0.29) is 19.1 Å². The molecule has 220 valence electrons. The van der Waals surface area contributed by atoms with E-state index in [9.17, 15) is 19.5 Å². The van der Waals surface area contributed by atoms with Gasteiger partial charge < -0.3 is 25.2 Å². The Kier molecular flexibility index (Phi) is 9.54. The lowest BCUT2D eigenvalue weighted by Gasteiger charge is -2.28. The number of hydrogen-bond donors (Lipinski definition) is 3. The van der Waals surface area contributed by atoms with E-state index in [1.54, 1.807) is 6.92 Å². The number of alkyl carbamates (subject to hydrolysis) is 1. The number of hydrogen-bond acceptors (Lipinski definition) is 5. The highest BCUT2D eigenvalue weighted by Crippen LogP contribution is 2.44. The second-order valence-corrected chi connectivity index (χ2v) is 11.1. The highest BCUT2D eigenvalue weighted by molar-refractivity contribution is 5.86. The molecule has 8 nitrogen and oxygen atoms in total. The molecular weight excluding hydrogens is 532 g/mol. The van der Waals surface area contributed by atoms with Gasteiger partial charge in [0.25, 0.3) is 0 Å². The van der Waals surface area contributed by atoms with Gasteiger partial charge in [0.15, 0.2) is 6.04 Å². The Morgan fingerprint density at radius 3 is 2.14 bits per heavy atom. The van der Waals surface area contributed by atoms with Crippen LogP contribution >= 0.6 is 0 Å². The summed E-state index contributed by atoms with van der Waals surface area (Å²) in [6.07, 6.45) is 2.44. The summed E-state index contributed by atoms with van der Waals surface area (Å²) < 4.78 is 11.5. The van der Waals surface area contributed by atoms with E-state index >= 15 is 0 Å². The Morgan fingerprint density at radius 1 is 0.857 bits per heavy atom. The van der Waals surface area contributed by atoms with Crippen LogP contribution in [0.1, 0.15) is 61.6 Å². The number of carboxylic acids is 1. The second-order valence-electron chi connectivity index (χ2n) is 11.1. The Balaban J connectivity index is 1.20. The first-order valence-electron chi connectivity index (χ1n) is 14.7. The Bertz CT molecular complexity index is 1350. The number of amides is 2. The first-order valence-corrected chi connectivity index (χ1v) is 14.7. The van der Waals surface area contributed by atoms with Gasteiger partial charge >= 0.3 is 12.1 Å². The minimum absolute atomic E-state index is 0.0647. The van der Waals surface area contributed by atoms with Crippen LogP contribution in [0.3, 0.4) is 0 Å². The molecule has 0 aromatic heterocycles. The molecule has 0 aliphatic heterocycles. The molecular formula is C34H38N2O6. The number of benzene rings is 3. The van der Waals surface area contributed by atoms with E-state index in [0.717, 1.165) is 47.1 Å². The van der Waals surface area contributed by atoms with Crippen LogP contribution < -0.4 is 10.6 Å². The standard InChI is InChI=1S/C34H38N2O6/c1-22(41-20-23-12-4-2-5-13-23)31(33(38)39)36-32(37)28-18-6-3-7-19-30(28)35-34(40)42-21-29-26-16-10-8-14-24(26)25-15-9-11-17-27(25)29/h2,4-5,8-17,22,28-31H,3,6-7,18-21H2,1H3,(H,35,40)(H,36,37)(H,38,39). The summed E-state index contributed by atoms with van der Waals surface area (Å²) in [4.78, 5) is 38.6. The Hall–Kier alpha value is -4.17. The van der Waals surface area contributed by atoms with Gasteiger partial charge in [-0.1, -0.05) is 98.1 Å². The molecule has 2 amide bonds. The molecule has 0 radical (unpaired) electrons. The number of nitrogens with one attached hydrogen (secondary N) is 2. The van der Waals surface area contributed by atoms with Crippen molar-refractivity contribution < 1.29 is 29.0 Å². The maximum Gasteiger partial charge on any atom is 0.407 e. The molecule has 4 atom stereocenters. The van der Waals surface area contributed by atoms with E-state index in [0.29, 0.717) is 12.8 Å². The fourth-order valence-electron chi connectivity index (χ4n) is 6.12. The highest BCUT2D eigenvalue weighted by Gasteiger charge is 2.36. The average Bonchev–Trinajstić information content (AvgIpc) is 3.13. The Labute approximate surface area is 246 Å². The fraction of sp³-hybridized carbons (Fsp3) is 0.382. The number of carboxylic acid groups (broad SMARTS) is 1. The first kappa shape index (κ1) is 29.3. The molecule has 3 aromatic carbocycles. The molecule has 3 aromatic rings. The predicted octanol–water partition coefficient (Wildman–Crippen LogP) is 5.65. The zero-order valence-electron chi connectivity index (χ0n) is 23.8. The van der Waals surface area contributed by atoms with Crippen LogP contribution in [-0.2, 0) is 25.7 Å². The number of fused-ring (bicyclic) bond motifs is 3. The maximum absolute atomic E-state index is 13.5. The second kappa shape index (κ2) is 13.7. The summed E-state index contributed by atoms with van der Waals surface area (Å²) >= 11 is 0. The molecule has 0 spiro atoms. The third-order valence-corrected chi connectivity index (χ3v) is 8.39. The van der Waals surface area contributed by atoms with Gasteiger partial charge in [-0.25, -0.2) is 9.59 Å². The molecule has 0 bridgehead atoms. The zero-order valence-corrected chi connectivity index (χ0v) is 23.8. The van der Waals surface area contributed by atoms with Gasteiger partial charge in [-0.05, 0) is 47.6 Å². The smallest absolute Gasteiger partial charge is 0.407 e. The molecule has 2 aliphatic carbocycles. The van der Waals surface area contributed by atoms with Crippen molar-refractivity contribution in [3.8, 4) is 11.1 Å². The molecule has 5 rings (SSSR count).